The number of rotatable bonds is 6. The van der Waals surface area contributed by atoms with E-state index in [9.17, 15) is 0 Å². The fourth-order valence-corrected chi connectivity index (χ4v) is 3.01. The Labute approximate surface area is 132 Å². The first-order valence-corrected chi connectivity index (χ1v) is 7.97. The molecule has 0 bridgehead atoms. The van der Waals surface area contributed by atoms with Crippen LogP contribution in [0, 0.1) is 0 Å². The van der Waals surface area contributed by atoms with Gasteiger partial charge in [-0.2, -0.15) is 0 Å². The summed E-state index contributed by atoms with van der Waals surface area (Å²) in [6.45, 7) is 4.53. The molecule has 0 radical (unpaired) electrons. The molecule has 0 spiro atoms. The molecule has 1 fully saturated rings. The SMILES string of the molecule is CNC(C)c1ccc(N2CCC(OCCO)CC2)c(Cl)c1. The van der Waals surface area contributed by atoms with E-state index in [1.54, 1.807) is 0 Å². The number of nitrogens with zero attached hydrogens (tertiary/aromatic N) is 1. The molecule has 0 aromatic heterocycles. The Balaban J connectivity index is 1.97. The largest absolute Gasteiger partial charge is 0.394 e. The van der Waals surface area contributed by atoms with Crippen LogP contribution >= 0.6 is 11.6 Å². The summed E-state index contributed by atoms with van der Waals surface area (Å²) in [7, 11) is 1.95. The van der Waals surface area contributed by atoms with Crippen LogP contribution in [0.25, 0.3) is 0 Å². The average molecular weight is 313 g/mol. The molecule has 118 valence electrons. The van der Waals surface area contributed by atoms with Gasteiger partial charge in [-0.05, 0) is 44.5 Å². The molecule has 1 saturated heterocycles. The Morgan fingerprint density at radius 2 is 2.14 bits per heavy atom. The van der Waals surface area contributed by atoms with Gasteiger partial charge in [0.1, 0.15) is 0 Å². The molecule has 1 aromatic carbocycles. The summed E-state index contributed by atoms with van der Waals surface area (Å²) < 4.78 is 5.59. The molecule has 2 N–H and O–H groups in total. The third kappa shape index (κ3) is 4.33. The van der Waals surface area contributed by atoms with E-state index in [2.05, 4.69) is 29.3 Å². The van der Waals surface area contributed by atoms with E-state index in [-0.39, 0.29) is 12.7 Å². The summed E-state index contributed by atoms with van der Waals surface area (Å²) in [5, 5.41) is 12.8. The molecule has 0 saturated carbocycles. The number of hydrogen-bond acceptors (Lipinski definition) is 4. The van der Waals surface area contributed by atoms with Gasteiger partial charge in [0.2, 0.25) is 0 Å². The summed E-state index contributed by atoms with van der Waals surface area (Å²) in [6.07, 6.45) is 2.21. The first kappa shape index (κ1) is 16.6. The minimum absolute atomic E-state index is 0.0944. The second kappa shape index (κ2) is 7.99. The first-order valence-electron chi connectivity index (χ1n) is 7.59. The molecule has 0 amide bonds. The zero-order valence-electron chi connectivity index (χ0n) is 12.8. The van der Waals surface area contributed by atoms with Gasteiger partial charge >= 0.3 is 0 Å². The Morgan fingerprint density at radius 1 is 1.43 bits per heavy atom. The summed E-state index contributed by atoms with van der Waals surface area (Å²) >= 11 is 6.45. The number of halogens is 1. The summed E-state index contributed by atoms with van der Waals surface area (Å²) in [5.41, 5.74) is 2.30. The number of piperidine rings is 1. The lowest BCUT2D eigenvalue weighted by Gasteiger charge is -2.34. The van der Waals surface area contributed by atoms with Crippen molar-refractivity contribution in [2.45, 2.75) is 31.9 Å². The van der Waals surface area contributed by atoms with Crippen LogP contribution < -0.4 is 10.2 Å². The van der Waals surface area contributed by atoms with Crippen molar-refractivity contribution in [1.29, 1.82) is 0 Å². The number of benzene rings is 1. The van der Waals surface area contributed by atoms with Gasteiger partial charge in [0.15, 0.2) is 0 Å². The molecule has 0 aliphatic carbocycles. The van der Waals surface area contributed by atoms with Gasteiger partial charge in [-0.15, -0.1) is 0 Å². The van der Waals surface area contributed by atoms with Crippen LogP contribution in [0.4, 0.5) is 5.69 Å². The third-order valence-electron chi connectivity index (χ3n) is 4.13. The molecule has 4 nitrogen and oxygen atoms in total. The van der Waals surface area contributed by atoms with Crippen molar-refractivity contribution in [2.75, 3.05) is 38.3 Å². The minimum Gasteiger partial charge on any atom is -0.394 e. The Kier molecular flexibility index (Phi) is 6.30. The highest BCUT2D eigenvalue weighted by Crippen LogP contribution is 2.31. The monoisotopic (exact) mass is 312 g/mol. The second-order valence-electron chi connectivity index (χ2n) is 5.50. The van der Waals surface area contributed by atoms with Gasteiger partial charge in [0.25, 0.3) is 0 Å². The third-order valence-corrected chi connectivity index (χ3v) is 4.43. The molecule has 5 heteroatoms. The van der Waals surface area contributed by atoms with Crippen LogP contribution in [0.2, 0.25) is 5.02 Å². The van der Waals surface area contributed by atoms with E-state index < -0.39 is 0 Å². The maximum absolute atomic E-state index is 8.80. The van der Waals surface area contributed by atoms with E-state index in [0.29, 0.717) is 12.6 Å². The quantitative estimate of drug-likeness (QED) is 0.847. The predicted octanol–water partition coefficient (Wildman–Crippen LogP) is 2.60. The number of aliphatic hydroxyl groups excluding tert-OH is 1. The van der Waals surface area contributed by atoms with Crippen molar-refractivity contribution >= 4 is 17.3 Å². The van der Waals surface area contributed by atoms with Crippen LogP contribution in [0.3, 0.4) is 0 Å². The number of aliphatic hydroxyl groups is 1. The number of nitrogens with one attached hydrogen (secondary N) is 1. The first-order chi connectivity index (χ1) is 10.2. The highest BCUT2D eigenvalue weighted by Gasteiger charge is 2.21. The van der Waals surface area contributed by atoms with Crippen molar-refractivity contribution in [3.63, 3.8) is 0 Å². The van der Waals surface area contributed by atoms with Crippen LogP contribution in [0.1, 0.15) is 31.4 Å². The minimum atomic E-state index is 0.0944. The Bertz CT molecular complexity index is 448. The molecule has 21 heavy (non-hydrogen) atoms. The van der Waals surface area contributed by atoms with Crippen molar-refractivity contribution in [3.05, 3.63) is 28.8 Å². The smallest absolute Gasteiger partial charge is 0.0701 e. The second-order valence-corrected chi connectivity index (χ2v) is 5.91. The van der Waals surface area contributed by atoms with Crippen LogP contribution in [0.15, 0.2) is 18.2 Å². The van der Waals surface area contributed by atoms with E-state index in [4.69, 9.17) is 21.4 Å². The molecule has 1 atom stereocenters. The lowest BCUT2D eigenvalue weighted by Crippen LogP contribution is -2.37. The molecular formula is C16H25ClN2O2. The maximum Gasteiger partial charge on any atom is 0.0701 e. The van der Waals surface area contributed by atoms with Gasteiger partial charge in [-0.25, -0.2) is 0 Å². The lowest BCUT2D eigenvalue weighted by atomic mass is 10.0. The zero-order chi connectivity index (χ0) is 15.2. The normalized spacial score (nSPS) is 18.0. The lowest BCUT2D eigenvalue weighted by molar-refractivity contribution is 0.0159. The summed E-state index contributed by atoms with van der Waals surface area (Å²) in [5.74, 6) is 0. The molecular weight excluding hydrogens is 288 g/mol. The topological polar surface area (TPSA) is 44.7 Å². The standard InChI is InChI=1S/C16H25ClN2O2/c1-12(18-2)13-3-4-16(15(17)11-13)19-7-5-14(6-8-19)21-10-9-20/h3-4,11-12,14,18,20H,5-10H2,1-2H3. The molecule has 1 aliphatic heterocycles. The van der Waals surface area contributed by atoms with Crippen molar-refractivity contribution in [1.82, 2.24) is 5.32 Å². The van der Waals surface area contributed by atoms with E-state index >= 15 is 0 Å². The van der Waals surface area contributed by atoms with Crippen molar-refractivity contribution in [3.8, 4) is 0 Å². The van der Waals surface area contributed by atoms with E-state index in [1.807, 2.05) is 13.1 Å². The number of ether oxygens (including phenoxy) is 1. The Hall–Kier alpha value is -0.810. The summed E-state index contributed by atoms with van der Waals surface area (Å²) in [6, 6.07) is 6.60. The summed E-state index contributed by atoms with van der Waals surface area (Å²) in [4.78, 5) is 2.31. The van der Waals surface area contributed by atoms with Crippen LogP contribution in [0.5, 0.6) is 0 Å². The highest BCUT2D eigenvalue weighted by atomic mass is 35.5. The number of hydrogen-bond donors (Lipinski definition) is 2. The van der Waals surface area contributed by atoms with E-state index in [0.717, 1.165) is 36.6 Å². The predicted molar refractivity (Wildman–Crippen MR) is 87.2 cm³/mol. The number of anilines is 1. The highest BCUT2D eigenvalue weighted by molar-refractivity contribution is 6.33. The fraction of sp³-hybridized carbons (Fsp3) is 0.625. The maximum atomic E-state index is 8.80. The van der Waals surface area contributed by atoms with Crippen LogP contribution in [-0.2, 0) is 4.74 Å². The van der Waals surface area contributed by atoms with Gasteiger partial charge < -0.3 is 20.1 Å². The van der Waals surface area contributed by atoms with E-state index in [1.165, 1.54) is 5.56 Å². The Morgan fingerprint density at radius 3 is 2.71 bits per heavy atom. The molecule has 2 rings (SSSR count). The molecule has 1 aromatic rings. The van der Waals surface area contributed by atoms with Crippen LogP contribution in [-0.4, -0.2) is 44.6 Å². The van der Waals surface area contributed by atoms with Gasteiger partial charge in [0.05, 0.1) is 30.0 Å². The molecule has 1 aliphatic rings. The van der Waals surface area contributed by atoms with Gasteiger partial charge in [-0.3, -0.25) is 0 Å². The van der Waals surface area contributed by atoms with Crippen molar-refractivity contribution < 1.29 is 9.84 Å². The van der Waals surface area contributed by atoms with Gasteiger partial charge in [0, 0.05) is 19.1 Å². The average Bonchev–Trinajstić information content (AvgIpc) is 2.52. The molecule has 1 heterocycles. The molecule has 1 unspecified atom stereocenters. The van der Waals surface area contributed by atoms with Gasteiger partial charge in [-0.1, -0.05) is 17.7 Å². The fourth-order valence-electron chi connectivity index (χ4n) is 2.70. The van der Waals surface area contributed by atoms with Crippen molar-refractivity contribution in [2.24, 2.45) is 0 Å². The zero-order valence-corrected chi connectivity index (χ0v) is 13.6.